The molecule has 0 bridgehead atoms. The van der Waals surface area contributed by atoms with Crippen molar-refractivity contribution in [1.29, 1.82) is 0 Å². The second-order valence-corrected chi connectivity index (χ2v) is 6.85. The van der Waals surface area contributed by atoms with Crippen molar-refractivity contribution in [3.05, 3.63) is 60.7 Å². The Bertz CT molecular complexity index is 571. The van der Waals surface area contributed by atoms with Crippen molar-refractivity contribution in [2.45, 2.75) is 13.0 Å². The second kappa shape index (κ2) is 6.60. The summed E-state index contributed by atoms with van der Waals surface area (Å²) in [4.78, 5) is 4.09. The minimum absolute atomic E-state index is 0.118. The third-order valence-corrected chi connectivity index (χ3v) is 5.20. The van der Waals surface area contributed by atoms with E-state index in [1.165, 1.54) is 0 Å². The van der Waals surface area contributed by atoms with Gasteiger partial charge in [-0.05, 0) is 31.2 Å². The van der Waals surface area contributed by atoms with E-state index < -0.39 is 7.29 Å². The molecule has 5 heteroatoms. The Kier molecular flexibility index (Phi) is 4.83. The molecular weight excluding hydrogens is 271 g/mol. The first-order valence-electron chi connectivity index (χ1n) is 6.41. The van der Waals surface area contributed by atoms with Gasteiger partial charge in [0.05, 0.1) is 12.6 Å². The van der Waals surface area contributed by atoms with Crippen LogP contribution in [-0.4, -0.2) is 17.8 Å². The van der Waals surface area contributed by atoms with Gasteiger partial charge < -0.3 is 5.11 Å². The molecule has 2 rings (SSSR count). The zero-order chi connectivity index (χ0) is 14.4. The Morgan fingerprint density at radius 3 is 1.85 bits per heavy atom. The molecule has 20 heavy (non-hydrogen) atoms. The molecule has 0 heterocycles. The van der Waals surface area contributed by atoms with Gasteiger partial charge in [0.1, 0.15) is 0 Å². The van der Waals surface area contributed by atoms with Crippen molar-refractivity contribution < 1.29 is 9.67 Å². The maximum atomic E-state index is 13.3. The van der Waals surface area contributed by atoms with Crippen LogP contribution in [0.5, 0.6) is 0 Å². The van der Waals surface area contributed by atoms with Gasteiger partial charge in [-0.25, -0.2) is 0 Å². The van der Waals surface area contributed by atoms with E-state index in [4.69, 9.17) is 5.11 Å². The number of aliphatic hydroxyl groups is 1. The van der Waals surface area contributed by atoms with E-state index >= 15 is 0 Å². The molecule has 0 saturated heterocycles. The first kappa shape index (κ1) is 14.6. The summed E-state index contributed by atoms with van der Waals surface area (Å²) in [5.41, 5.74) is 0. The van der Waals surface area contributed by atoms with Gasteiger partial charge in [-0.1, -0.05) is 36.4 Å². The van der Waals surface area contributed by atoms with Gasteiger partial charge in [-0.2, -0.15) is 5.11 Å². The molecule has 0 aliphatic rings. The Labute approximate surface area is 118 Å². The number of hydrogen-bond donors (Lipinski definition) is 1. The summed E-state index contributed by atoms with van der Waals surface area (Å²) in [5, 5.41) is 14.3. The summed E-state index contributed by atoms with van der Waals surface area (Å²) in [6.07, 6.45) is 0. The summed E-state index contributed by atoms with van der Waals surface area (Å²) in [7, 11) is -3.14. The summed E-state index contributed by atoms with van der Waals surface area (Å²) < 4.78 is 13.3. The van der Waals surface area contributed by atoms with Crippen LogP contribution in [0.15, 0.2) is 70.7 Å². The predicted molar refractivity (Wildman–Crippen MR) is 81.2 cm³/mol. The van der Waals surface area contributed by atoms with Crippen molar-refractivity contribution in [2.24, 2.45) is 10.00 Å². The first-order valence-corrected chi connectivity index (χ1v) is 8.07. The molecule has 0 aliphatic carbocycles. The molecule has 1 atom stereocenters. The smallest absolute Gasteiger partial charge is 0.265 e. The predicted octanol–water partition coefficient (Wildman–Crippen LogP) is 2.75. The lowest BCUT2D eigenvalue weighted by atomic mass is 10.4. The Hall–Kier alpha value is -1.77. The van der Waals surface area contributed by atoms with Gasteiger partial charge >= 0.3 is 0 Å². The molecule has 0 spiro atoms. The van der Waals surface area contributed by atoms with Gasteiger partial charge in [0, 0.05) is 10.6 Å². The molecular formula is C15H17N2O2P. The zero-order valence-electron chi connectivity index (χ0n) is 11.3. The van der Waals surface area contributed by atoms with E-state index in [0.29, 0.717) is 10.6 Å². The fourth-order valence-corrected chi connectivity index (χ4v) is 3.69. The van der Waals surface area contributed by atoms with Crippen molar-refractivity contribution in [1.82, 2.24) is 0 Å². The van der Waals surface area contributed by atoms with Crippen molar-refractivity contribution >= 4 is 17.9 Å². The highest BCUT2D eigenvalue weighted by Crippen LogP contribution is 2.45. The lowest BCUT2D eigenvalue weighted by Crippen LogP contribution is -2.14. The molecule has 104 valence electrons. The van der Waals surface area contributed by atoms with Gasteiger partial charge in [0.2, 0.25) is 0 Å². The highest BCUT2D eigenvalue weighted by molar-refractivity contribution is 7.77. The third kappa shape index (κ3) is 3.21. The second-order valence-electron chi connectivity index (χ2n) is 4.48. The standard InChI is InChI=1S/C15H17N2O2P/c1-13(12-18)16-17-20(19,14-8-4-2-5-9-14)15-10-6-3-7-11-15/h2-11,13,18H,12H2,1H3. The van der Waals surface area contributed by atoms with E-state index in [-0.39, 0.29) is 12.6 Å². The largest absolute Gasteiger partial charge is 0.394 e. The van der Waals surface area contributed by atoms with E-state index in [0.717, 1.165) is 0 Å². The maximum Gasteiger partial charge on any atom is 0.265 e. The van der Waals surface area contributed by atoms with Gasteiger partial charge in [-0.3, -0.25) is 4.57 Å². The number of hydrogen-bond acceptors (Lipinski definition) is 3. The van der Waals surface area contributed by atoms with Crippen LogP contribution >= 0.6 is 7.29 Å². The summed E-state index contributed by atoms with van der Waals surface area (Å²) in [6, 6.07) is 17.8. The molecule has 0 saturated carbocycles. The number of rotatable bonds is 5. The molecule has 0 fully saturated rings. The molecule has 0 aromatic heterocycles. The summed E-state index contributed by atoms with van der Waals surface area (Å²) in [6.45, 7) is 1.61. The van der Waals surface area contributed by atoms with Gasteiger partial charge in [0.15, 0.2) is 0 Å². The van der Waals surface area contributed by atoms with E-state index in [9.17, 15) is 4.57 Å². The summed E-state index contributed by atoms with van der Waals surface area (Å²) >= 11 is 0. The van der Waals surface area contributed by atoms with Crippen LogP contribution in [-0.2, 0) is 4.57 Å². The minimum Gasteiger partial charge on any atom is -0.394 e. The lowest BCUT2D eigenvalue weighted by molar-refractivity contribution is 0.271. The molecule has 2 aromatic carbocycles. The minimum atomic E-state index is -3.14. The molecule has 2 aromatic rings. The van der Waals surface area contributed by atoms with Crippen molar-refractivity contribution in [2.75, 3.05) is 6.61 Å². The monoisotopic (exact) mass is 288 g/mol. The molecule has 0 aliphatic heterocycles. The van der Waals surface area contributed by atoms with Crippen LogP contribution in [0.2, 0.25) is 0 Å². The van der Waals surface area contributed by atoms with Gasteiger partial charge in [0.25, 0.3) is 7.29 Å². The molecule has 1 unspecified atom stereocenters. The van der Waals surface area contributed by atoms with Crippen LogP contribution < -0.4 is 10.6 Å². The van der Waals surface area contributed by atoms with E-state index in [2.05, 4.69) is 10.00 Å². The fraction of sp³-hybridized carbons (Fsp3) is 0.200. The third-order valence-electron chi connectivity index (χ3n) is 2.85. The van der Waals surface area contributed by atoms with Gasteiger partial charge in [-0.15, -0.1) is 4.88 Å². The molecule has 4 nitrogen and oxygen atoms in total. The average molecular weight is 288 g/mol. The van der Waals surface area contributed by atoms with Crippen molar-refractivity contribution in [3.8, 4) is 0 Å². The summed E-state index contributed by atoms with van der Waals surface area (Å²) in [5.74, 6) is 0. The van der Waals surface area contributed by atoms with Crippen LogP contribution in [0.4, 0.5) is 0 Å². The van der Waals surface area contributed by atoms with Crippen LogP contribution in [0.1, 0.15) is 6.92 Å². The molecule has 1 N–H and O–H groups in total. The quantitative estimate of drug-likeness (QED) is 0.679. The molecule has 0 radical (unpaired) electrons. The number of nitrogens with zero attached hydrogens (tertiary/aromatic N) is 2. The lowest BCUT2D eigenvalue weighted by Gasteiger charge is -2.13. The molecule has 0 amide bonds. The average Bonchev–Trinajstić information content (AvgIpc) is 2.54. The van der Waals surface area contributed by atoms with Crippen LogP contribution in [0, 0.1) is 0 Å². The fourth-order valence-electron chi connectivity index (χ4n) is 1.71. The van der Waals surface area contributed by atoms with Crippen LogP contribution in [0.25, 0.3) is 0 Å². The highest BCUT2D eigenvalue weighted by atomic mass is 31.2. The number of benzene rings is 2. The maximum absolute atomic E-state index is 13.3. The van der Waals surface area contributed by atoms with Crippen molar-refractivity contribution in [3.63, 3.8) is 0 Å². The van der Waals surface area contributed by atoms with Crippen LogP contribution in [0.3, 0.4) is 0 Å². The number of aliphatic hydroxyl groups excluding tert-OH is 1. The Morgan fingerprint density at radius 2 is 1.45 bits per heavy atom. The van der Waals surface area contributed by atoms with E-state index in [1.807, 2.05) is 36.4 Å². The SMILES string of the molecule is CC(CO)N=NP(=O)(c1ccccc1)c1ccccc1. The Balaban J connectivity index is 2.50. The normalized spacial score (nSPS) is 13.5. The Morgan fingerprint density at radius 1 is 1.00 bits per heavy atom. The zero-order valence-corrected chi connectivity index (χ0v) is 12.1. The first-order chi connectivity index (χ1) is 9.66. The van der Waals surface area contributed by atoms with E-state index in [1.54, 1.807) is 31.2 Å². The highest BCUT2D eigenvalue weighted by Gasteiger charge is 2.27. The topological polar surface area (TPSA) is 62.0 Å².